The third kappa shape index (κ3) is 3.25. The highest BCUT2D eigenvalue weighted by Gasteiger charge is 2.16. The Morgan fingerprint density at radius 1 is 1.07 bits per heavy atom. The van der Waals surface area contributed by atoms with Gasteiger partial charge in [0.1, 0.15) is 16.8 Å². The summed E-state index contributed by atoms with van der Waals surface area (Å²) < 4.78 is 5.22. The Hall–Kier alpha value is -3.94. The molecule has 29 heavy (non-hydrogen) atoms. The average molecular weight is 386 g/mol. The Morgan fingerprint density at radius 2 is 1.93 bits per heavy atom. The summed E-state index contributed by atoms with van der Waals surface area (Å²) in [7, 11) is 1.63. The number of aromatic nitrogens is 4. The number of hydrogen-bond donors (Lipinski definition) is 3. The Balaban J connectivity index is 1.53. The van der Waals surface area contributed by atoms with Crippen molar-refractivity contribution in [2.24, 2.45) is 0 Å². The van der Waals surface area contributed by atoms with Gasteiger partial charge in [-0.1, -0.05) is 6.07 Å². The van der Waals surface area contributed by atoms with E-state index in [9.17, 15) is 4.79 Å². The molecule has 0 spiro atoms. The van der Waals surface area contributed by atoms with Crippen molar-refractivity contribution in [2.45, 2.75) is 12.8 Å². The van der Waals surface area contributed by atoms with E-state index >= 15 is 0 Å². The molecule has 3 N–H and O–H groups in total. The zero-order valence-electron chi connectivity index (χ0n) is 15.7. The number of rotatable bonds is 4. The van der Waals surface area contributed by atoms with E-state index < -0.39 is 0 Å². The van der Waals surface area contributed by atoms with E-state index in [0.717, 1.165) is 34.7 Å². The van der Waals surface area contributed by atoms with E-state index in [1.807, 2.05) is 42.5 Å². The predicted molar refractivity (Wildman–Crippen MR) is 110 cm³/mol. The number of amides is 1. The molecule has 0 saturated carbocycles. The molecule has 0 radical (unpaired) electrons. The van der Waals surface area contributed by atoms with Gasteiger partial charge in [-0.05, 0) is 48.4 Å². The zero-order chi connectivity index (χ0) is 19.8. The summed E-state index contributed by atoms with van der Waals surface area (Å²) in [6.07, 6.45) is 2.94. The summed E-state index contributed by atoms with van der Waals surface area (Å²) in [5, 5.41) is 13.3. The number of fused-ring (bicyclic) bond motifs is 2. The number of benzene rings is 2. The molecule has 2 aromatic heterocycles. The minimum Gasteiger partial charge on any atom is -0.497 e. The quantitative estimate of drug-likeness (QED) is 0.494. The third-order valence-electron chi connectivity index (χ3n) is 4.92. The molecule has 0 atom stereocenters. The molecule has 8 nitrogen and oxygen atoms in total. The van der Waals surface area contributed by atoms with Gasteiger partial charge in [0.25, 0.3) is 0 Å². The molecule has 5 rings (SSSR count). The van der Waals surface area contributed by atoms with Crippen molar-refractivity contribution in [2.75, 3.05) is 17.7 Å². The van der Waals surface area contributed by atoms with Crippen molar-refractivity contribution in [3.05, 3.63) is 54.2 Å². The lowest BCUT2D eigenvalue weighted by Crippen LogP contribution is -2.18. The van der Waals surface area contributed by atoms with Gasteiger partial charge in [0.2, 0.25) is 5.91 Å². The van der Waals surface area contributed by atoms with E-state index in [1.54, 1.807) is 13.3 Å². The summed E-state index contributed by atoms with van der Waals surface area (Å²) in [6, 6.07) is 13.5. The molecule has 144 valence electrons. The summed E-state index contributed by atoms with van der Waals surface area (Å²) in [4.78, 5) is 21.0. The molecule has 2 aromatic carbocycles. The van der Waals surface area contributed by atoms with Gasteiger partial charge in [-0.2, -0.15) is 5.10 Å². The van der Waals surface area contributed by atoms with Gasteiger partial charge in [0.15, 0.2) is 11.6 Å². The van der Waals surface area contributed by atoms with Crippen LogP contribution in [0.15, 0.2) is 48.7 Å². The van der Waals surface area contributed by atoms with Crippen molar-refractivity contribution in [3.8, 4) is 17.1 Å². The molecular weight excluding hydrogens is 368 g/mol. The second-order valence-electron chi connectivity index (χ2n) is 6.80. The monoisotopic (exact) mass is 386 g/mol. The second kappa shape index (κ2) is 6.90. The first kappa shape index (κ1) is 17.2. The fourth-order valence-electron chi connectivity index (χ4n) is 3.39. The Kier molecular flexibility index (Phi) is 4.09. The molecule has 4 aromatic rings. The number of carbonyl (C=O) groups is 1. The maximum Gasteiger partial charge on any atom is 0.224 e. The van der Waals surface area contributed by atoms with Crippen LogP contribution in [-0.4, -0.2) is 33.2 Å². The summed E-state index contributed by atoms with van der Waals surface area (Å²) in [5.41, 5.74) is 5.07. The lowest BCUT2D eigenvalue weighted by atomic mass is 10.0. The fourth-order valence-corrected chi connectivity index (χ4v) is 3.39. The Bertz CT molecular complexity index is 1220. The van der Waals surface area contributed by atoms with Crippen LogP contribution in [0.4, 0.5) is 17.2 Å². The SMILES string of the molecule is COc1ccc(-c2nc(Nc3ccc4c(c3)NC(=O)CC4)c3[nH]ncc3n2)cc1. The van der Waals surface area contributed by atoms with Crippen LogP contribution < -0.4 is 15.4 Å². The van der Waals surface area contributed by atoms with Crippen molar-refractivity contribution < 1.29 is 9.53 Å². The van der Waals surface area contributed by atoms with Crippen molar-refractivity contribution in [3.63, 3.8) is 0 Å². The van der Waals surface area contributed by atoms with E-state index in [1.165, 1.54) is 0 Å². The van der Waals surface area contributed by atoms with Crippen LogP contribution in [0.1, 0.15) is 12.0 Å². The van der Waals surface area contributed by atoms with Crippen LogP contribution in [0.3, 0.4) is 0 Å². The van der Waals surface area contributed by atoms with Crippen LogP contribution in [-0.2, 0) is 11.2 Å². The first-order valence-electron chi connectivity index (χ1n) is 9.25. The number of hydrogen-bond acceptors (Lipinski definition) is 6. The van der Waals surface area contributed by atoms with Crippen LogP contribution in [0.5, 0.6) is 5.75 Å². The molecule has 0 aliphatic carbocycles. The normalized spacial score (nSPS) is 13.1. The van der Waals surface area contributed by atoms with Crippen LogP contribution in [0.2, 0.25) is 0 Å². The number of carbonyl (C=O) groups excluding carboxylic acids is 1. The maximum atomic E-state index is 11.7. The number of methoxy groups -OCH3 is 1. The van der Waals surface area contributed by atoms with E-state index in [-0.39, 0.29) is 5.91 Å². The number of aryl methyl sites for hydroxylation is 1. The largest absolute Gasteiger partial charge is 0.497 e. The van der Waals surface area contributed by atoms with Crippen LogP contribution in [0, 0.1) is 0 Å². The van der Waals surface area contributed by atoms with E-state index in [2.05, 4.69) is 25.8 Å². The standard InChI is InChI=1S/C21H18N6O2/c1-29-15-7-3-13(4-8-15)20-25-17-11-22-27-19(17)21(26-20)23-14-6-2-12-5-9-18(28)24-16(12)10-14/h2-4,6-8,10-11H,5,9H2,1H3,(H,22,27)(H,24,28)(H,23,25,26). The van der Waals surface area contributed by atoms with Gasteiger partial charge >= 0.3 is 0 Å². The zero-order valence-corrected chi connectivity index (χ0v) is 15.7. The van der Waals surface area contributed by atoms with Gasteiger partial charge in [-0.3, -0.25) is 9.89 Å². The van der Waals surface area contributed by atoms with Gasteiger partial charge < -0.3 is 15.4 Å². The highest BCUT2D eigenvalue weighted by atomic mass is 16.5. The minimum absolute atomic E-state index is 0.0365. The fraction of sp³-hybridized carbons (Fsp3) is 0.143. The molecule has 8 heteroatoms. The van der Waals surface area contributed by atoms with Crippen LogP contribution in [0.25, 0.3) is 22.4 Å². The Morgan fingerprint density at radius 3 is 2.76 bits per heavy atom. The summed E-state index contributed by atoms with van der Waals surface area (Å²) in [5.74, 6) is 2.00. The summed E-state index contributed by atoms with van der Waals surface area (Å²) in [6.45, 7) is 0. The lowest BCUT2D eigenvalue weighted by Gasteiger charge is -2.18. The molecule has 0 bridgehead atoms. The molecule has 0 saturated heterocycles. The third-order valence-corrected chi connectivity index (χ3v) is 4.92. The van der Waals surface area contributed by atoms with Crippen molar-refractivity contribution in [1.29, 1.82) is 0 Å². The molecule has 0 unspecified atom stereocenters. The minimum atomic E-state index is 0.0365. The first-order valence-corrected chi connectivity index (χ1v) is 9.25. The number of aromatic amines is 1. The average Bonchev–Trinajstić information content (AvgIpc) is 3.22. The molecule has 3 heterocycles. The van der Waals surface area contributed by atoms with Gasteiger partial charge in [-0.25, -0.2) is 9.97 Å². The van der Waals surface area contributed by atoms with Gasteiger partial charge in [0, 0.05) is 23.4 Å². The number of nitrogens with zero attached hydrogens (tertiary/aromatic N) is 3. The smallest absolute Gasteiger partial charge is 0.224 e. The molecular formula is C21H18N6O2. The van der Waals surface area contributed by atoms with Gasteiger partial charge in [-0.15, -0.1) is 0 Å². The van der Waals surface area contributed by atoms with Crippen molar-refractivity contribution >= 4 is 34.1 Å². The number of ether oxygens (including phenoxy) is 1. The molecule has 1 amide bonds. The summed E-state index contributed by atoms with van der Waals surface area (Å²) >= 11 is 0. The lowest BCUT2D eigenvalue weighted by molar-refractivity contribution is -0.116. The van der Waals surface area contributed by atoms with E-state index in [4.69, 9.17) is 9.72 Å². The number of nitrogens with one attached hydrogen (secondary N) is 3. The highest BCUT2D eigenvalue weighted by molar-refractivity contribution is 5.95. The highest BCUT2D eigenvalue weighted by Crippen LogP contribution is 2.30. The molecule has 1 aliphatic rings. The van der Waals surface area contributed by atoms with Crippen LogP contribution >= 0.6 is 0 Å². The van der Waals surface area contributed by atoms with Crippen molar-refractivity contribution in [1.82, 2.24) is 20.2 Å². The Labute approximate surface area is 166 Å². The molecule has 0 fully saturated rings. The topological polar surface area (TPSA) is 105 Å². The maximum absolute atomic E-state index is 11.7. The first-order chi connectivity index (χ1) is 14.2. The number of H-pyrrole nitrogens is 1. The second-order valence-corrected chi connectivity index (χ2v) is 6.80. The molecule has 1 aliphatic heterocycles. The van der Waals surface area contributed by atoms with Gasteiger partial charge in [0.05, 0.1) is 13.3 Å². The van der Waals surface area contributed by atoms with E-state index in [0.29, 0.717) is 29.1 Å². The predicted octanol–water partition coefficient (Wildman–Crippen LogP) is 3.66. The number of anilines is 3.